The predicted octanol–water partition coefficient (Wildman–Crippen LogP) is 4.24. The Morgan fingerprint density at radius 3 is 2.08 bits per heavy atom. The summed E-state index contributed by atoms with van der Waals surface area (Å²) in [6.45, 7) is 7.67. The second-order valence-corrected chi connectivity index (χ2v) is 7.50. The van der Waals surface area contributed by atoms with Crippen LogP contribution in [0.25, 0.3) is 0 Å². The average molecular weight is 347 g/mol. The molecule has 130 valence electrons. The highest BCUT2D eigenvalue weighted by Gasteiger charge is 2.21. The minimum Gasteiger partial charge on any atom is -0.496 e. The number of hydrogen-bond acceptors (Lipinski definition) is 3. The molecule has 2 aromatic carbocycles. The van der Waals surface area contributed by atoms with Gasteiger partial charge in [0.2, 0.25) is 0 Å². The van der Waals surface area contributed by atoms with E-state index in [4.69, 9.17) is 4.74 Å². The number of aryl methyl sites for hydroxylation is 4. The summed E-state index contributed by atoms with van der Waals surface area (Å²) in [4.78, 5) is 0.286. The first-order chi connectivity index (χ1) is 11.3. The molecule has 24 heavy (non-hydrogen) atoms. The standard InChI is InChI=1S/C19H25NO3S/c1-6-15-9-8-10-16(7-2)19(15)20-24(21,22)18-12-13(3)17(23-5)11-14(18)4/h8-12,20H,6-7H2,1-5H3. The first-order valence-corrected chi connectivity index (χ1v) is 9.61. The van der Waals surface area contributed by atoms with Crippen molar-refractivity contribution >= 4 is 15.7 Å². The lowest BCUT2D eigenvalue weighted by atomic mass is 10.0. The predicted molar refractivity (Wildman–Crippen MR) is 98.5 cm³/mol. The number of anilines is 1. The number of benzene rings is 2. The van der Waals surface area contributed by atoms with Crippen LogP contribution in [0.5, 0.6) is 5.75 Å². The molecule has 2 rings (SSSR count). The van der Waals surface area contributed by atoms with E-state index in [1.165, 1.54) is 0 Å². The van der Waals surface area contributed by atoms with Gasteiger partial charge in [-0.15, -0.1) is 0 Å². The van der Waals surface area contributed by atoms with Crippen LogP contribution in [0.3, 0.4) is 0 Å². The molecule has 0 saturated carbocycles. The summed E-state index contributed by atoms with van der Waals surface area (Å²) < 4.78 is 34.0. The van der Waals surface area contributed by atoms with Gasteiger partial charge in [0.1, 0.15) is 5.75 Å². The van der Waals surface area contributed by atoms with Crippen molar-refractivity contribution in [3.63, 3.8) is 0 Å². The molecule has 5 heteroatoms. The van der Waals surface area contributed by atoms with E-state index in [2.05, 4.69) is 4.72 Å². The van der Waals surface area contributed by atoms with Crippen molar-refractivity contribution in [3.8, 4) is 5.75 Å². The first kappa shape index (κ1) is 18.3. The fourth-order valence-corrected chi connectivity index (χ4v) is 4.29. The van der Waals surface area contributed by atoms with Crippen LogP contribution in [0.2, 0.25) is 0 Å². The van der Waals surface area contributed by atoms with Crippen LogP contribution in [0.1, 0.15) is 36.1 Å². The van der Waals surface area contributed by atoms with Crippen LogP contribution < -0.4 is 9.46 Å². The molecule has 0 spiro atoms. The lowest BCUT2D eigenvalue weighted by Crippen LogP contribution is -2.17. The van der Waals surface area contributed by atoms with Gasteiger partial charge in [0.25, 0.3) is 10.0 Å². The van der Waals surface area contributed by atoms with Crippen molar-refractivity contribution in [2.24, 2.45) is 0 Å². The molecule has 0 aliphatic rings. The molecule has 2 aromatic rings. The van der Waals surface area contributed by atoms with Crippen molar-refractivity contribution in [3.05, 3.63) is 52.6 Å². The molecule has 4 nitrogen and oxygen atoms in total. The smallest absolute Gasteiger partial charge is 0.262 e. The lowest BCUT2D eigenvalue weighted by molar-refractivity contribution is 0.411. The number of sulfonamides is 1. The van der Waals surface area contributed by atoms with Crippen molar-refractivity contribution in [2.75, 3.05) is 11.8 Å². The van der Waals surface area contributed by atoms with Crippen LogP contribution >= 0.6 is 0 Å². The summed E-state index contributed by atoms with van der Waals surface area (Å²) in [5, 5.41) is 0. The van der Waals surface area contributed by atoms with Gasteiger partial charge < -0.3 is 4.74 Å². The molecule has 0 bridgehead atoms. The molecule has 0 unspecified atom stereocenters. The van der Waals surface area contributed by atoms with Gasteiger partial charge in [0.15, 0.2) is 0 Å². The normalized spacial score (nSPS) is 11.4. The summed E-state index contributed by atoms with van der Waals surface area (Å²) in [6.07, 6.45) is 1.54. The monoisotopic (exact) mass is 347 g/mol. The van der Waals surface area contributed by atoms with Gasteiger partial charge in [-0.1, -0.05) is 32.0 Å². The van der Waals surface area contributed by atoms with Gasteiger partial charge >= 0.3 is 0 Å². The van der Waals surface area contributed by atoms with Crippen LogP contribution in [0, 0.1) is 13.8 Å². The van der Waals surface area contributed by atoms with Crippen LogP contribution in [0.15, 0.2) is 35.2 Å². The van der Waals surface area contributed by atoms with Crippen LogP contribution in [-0.4, -0.2) is 15.5 Å². The molecule has 0 heterocycles. The van der Waals surface area contributed by atoms with E-state index in [0.29, 0.717) is 17.0 Å². The number of methoxy groups -OCH3 is 1. The maximum atomic E-state index is 13.0. The van der Waals surface area contributed by atoms with Gasteiger partial charge in [0, 0.05) is 0 Å². The van der Waals surface area contributed by atoms with Gasteiger partial charge in [-0.05, 0) is 61.1 Å². The second kappa shape index (κ2) is 7.26. The van der Waals surface area contributed by atoms with Crippen LogP contribution in [0.4, 0.5) is 5.69 Å². The SMILES string of the molecule is CCc1cccc(CC)c1NS(=O)(=O)c1cc(C)c(OC)cc1C. The zero-order chi connectivity index (χ0) is 17.9. The van der Waals surface area contributed by atoms with Crippen molar-refractivity contribution in [2.45, 2.75) is 45.4 Å². The molecular weight excluding hydrogens is 322 g/mol. The van der Waals surface area contributed by atoms with E-state index >= 15 is 0 Å². The van der Waals surface area contributed by atoms with Crippen molar-refractivity contribution < 1.29 is 13.2 Å². The quantitative estimate of drug-likeness (QED) is 0.850. The third kappa shape index (κ3) is 3.56. The summed E-state index contributed by atoms with van der Waals surface area (Å²) in [6, 6.07) is 9.32. The highest BCUT2D eigenvalue weighted by atomic mass is 32.2. The van der Waals surface area contributed by atoms with E-state index in [-0.39, 0.29) is 4.90 Å². The maximum Gasteiger partial charge on any atom is 0.262 e. The van der Waals surface area contributed by atoms with Crippen molar-refractivity contribution in [1.82, 2.24) is 0 Å². The Bertz CT molecular complexity index is 820. The van der Waals surface area contributed by atoms with E-state index in [1.807, 2.05) is 39.0 Å². The van der Waals surface area contributed by atoms with Gasteiger partial charge in [0.05, 0.1) is 17.7 Å². The number of hydrogen-bond donors (Lipinski definition) is 1. The fraction of sp³-hybridized carbons (Fsp3) is 0.368. The molecule has 1 N–H and O–H groups in total. The largest absolute Gasteiger partial charge is 0.496 e. The Kier molecular flexibility index (Phi) is 5.54. The summed E-state index contributed by atoms with van der Waals surface area (Å²) in [5.74, 6) is 0.689. The van der Waals surface area contributed by atoms with E-state index in [9.17, 15) is 8.42 Å². The third-order valence-electron chi connectivity index (χ3n) is 4.22. The topological polar surface area (TPSA) is 55.4 Å². The van der Waals surface area contributed by atoms with Gasteiger partial charge in [-0.3, -0.25) is 4.72 Å². The molecular formula is C19H25NO3S. The van der Waals surface area contributed by atoms with Gasteiger partial charge in [-0.25, -0.2) is 8.42 Å². The zero-order valence-electron chi connectivity index (χ0n) is 14.9. The maximum absolute atomic E-state index is 13.0. The minimum absolute atomic E-state index is 0.286. The Morgan fingerprint density at radius 1 is 1.00 bits per heavy atom. The van der Waals surface area contributed by atoms with Crippen LogP contribution in [-0.2, 0) is 22.9 Å². The number of rotatable bonds is 6. The molecule has 0 fully saturated rings. The fourth-order valence-electron chi connectivity index (χ4n) is 2.84. The van der Waals surface area contributed by atoms with E-state index in [0.717, 1.165) is 29.5 Å². The lowest BCUT2D eigenvalue weighted by Gasteiger charge is -2.17. The highest BCUT2D eigenvalue weighted by molar-refractivity contribution is 7.92. The summed E-state index contributed by atoms with van der Waals surface area (Å²) in [7, 11) is -2.08. The molecule has 0 amide bonds. The molecule has 0 aliphatic carbocycles. The molecule has 0 saturated heterocycles. The number of ether oxygens (including phenoxy) is 1. The summed E-state index contributed by atoms with van der Waals surface area (Å²) >= 11 is 0. The van der Waals surface area contributed by atoms with E-state index in [1.54, 1.807) is 26.2 Å². The summed E-state index contributed by atoms with van der Waals surface area (Å²) in [5.41, 5.74) is 4.16. The van der Waals surface area contributed by atoms with E-state index < -0.39 is 10.0 Å². The van der Waals surface area contributed by atoms with Crippen molar-refractivity contribution in [1.29, 1.82) is 0 Å². The molecule has 0 radical (unpaired) electrons. The number of para-hydroxylation sites is 1. The Balaban J connectivity index is 2.53. The Morgan fingerprint density at radius 2 is 1.58 bits per heavy atom. The highest BCUT2D eigenvalue weighted by Crippen LogP contribution is 2.29. The first-order valence-electron chi connectivity index (χ1n) is 8.12. The van der Waals surface area contributed by atoms with Gasteiger partial charge in [-0.2, -0.15) is 0 Å². The Labute approximate surface area is 144 Å². The number of nitrogens with one attached hydrogen (secondary N) is 1. The molecule has 0 atom stereocenters. The second-order valence-electron chi connectivity index (χ2n) is 5.85. The minimum atomic E-state index is -3.66. The Hall–Kier alpha value is -2.01. The average Bonchev–Trinajstić information content (AvgIpc) is 2.56. The zero-order valence-corrected chi connectivity index (χ0v) is 15.8. The molecule has 0 aromatic heterocycles. The third-order valence-corrected chi connectivity index (χ3v) is 5.71. The molecule has 0 aliphatic heterocycles.